The maximum Gasteiger partial charge on any atom is 0.0702 e. The molecule has 1 heterocycles. The smallest absolute Gasteiger partial charge is 0.0702 e. The summed E-state index contributed by atoms with van der Waals surface area (Å²) >= 11 is 5.38. The summed E-state index contributed by atoms with van der Waals surface area (Å²) in [6.45, 7) is 7.78. The van der Waals surface area contributed by atoms with E-state index in [4.69, 9.17) is 0 Å². The van der Waals surface area contributed by atoms with E-state index in [1.807, 2.05) is 11.3 Å². The van der Waals surface area contributed by atoms with Gasteiger partial charge in [0.1, 0.15) is 0 Å². The van der Waals surface area contributed by atoms with Crippen LogP contribution in [0.2, 0.25) is 0 Å². The van der Waals surface area contributed by atoms with Crippen molar-refractivity contribution < 1.29 is 0 Å². The molecule has 0 amide bonds. The highest BCUT2D eigenvalue weighted by molar-refractivity contribution is 9.11. The van der Waals surface area contributed by atoms with Crippen LogP contribution in [-0.2, 0) is 6.42 Å². The van der Waals surface area contributed by atoms with E-state index < -0.39 is 0 Å². The first kappa shape index (κ1) is 16.7. The fraction of sp³-hybridized carbons (Fsp3) is 0.444. The third-order valence-corrected chi connectivity index (χ3v) is 5.12. The number of halogens is 1. The molecule has 1 aromatic heterocycles. The van der Waals surface area contributed by atoms with Crippen molar-refractivity contribution in [2.45, 2.75) is 39.7 Å². The van der Waals surface area contributed by atoms with Crippen molar-refractivity contribution in [3.8, 4) is 0 Å². The standard InChI is InChI=1S/C18H24BrNS/c1-4-11-20-18(16-9-10-17(19)21-16)15-7-5-14(6-8-15)12-13(2)3/h5-10,13,18,20H,4,11-12H2,1-3H3. The Balaban J connectivity index is 2.20. The van der Waals surface area contributed by atoms with Gasteiger partial charge in [0, 0.05) is 4.88 Å². The lowest BCUT2D eigenvalue weighted by atomic mass is 9.99. The average molecular weight is 366 g/mol. The van der Waals surface area contributed by atoms with Gasteiger partial charge in [0.15, 0.2) is 0 Å². The highest BCUT2D eigenvalue weighted by Crippen LogP contribution is 2.31. The molecule has 1 unspecified atom stereocenters. The lowest BCUT2D eigenvalue weighted by Gasteiger charge is -2.18. The Kier molecular flexibility index (Phi) is 6.46. The van der Waals surface area contributed by atoms with Gasteiger partial charge in [0.05, 0.1) is 9.83 Å². The summed E-state index contributed by atoms with van der Waals surface area (Å²) in [4.78, 5) is 1.37. The van der Waals surface area contributed by atoms with E-state index in [0.29, 0.717) is 12.0 Å². The molecule has 0 bridgehead atoms. The van der Waals surface area contributed by atoms with Crippen LogP contribution >= 0.6 is 27.3 Å². The molecule has 1 aromatic carbocycles. The second kappa shape index (κ2) is 8.11. The summed E-state index contributed by atoms with van der Waals surface area (Å²) in [5.74, 6) is 0.707. The first-order valence-corrected chi connectivity index (χ1v) is 9.28. The van der Waals surface area contributed by atoms with Crippen LogP contribution in [0.25, 0.3) is 0 Å². The van der Waals surface area contributed by atoms with Gasteiger partial charge >= 0.3 is 0 Å². The summed E-state index contributed by atoms with van der Waals surface area (Å²) in [5.41, 5.74) is 2.78. The van der Waals surface area contributed by atoms with E-state index in [0.717, 1.165) is 19.4 Å². The van der Waals surface area contributed by atoms with Crippen molar-refractivity contribution in [1.29, 1.82) is 0 Å². The van der Waals surface area contributed by atoms with Gasteiger partial charge in [-0.15, -0.1) is 11.3 Å². The van der Waals surface area contributed by atoms with Crippen LogP contribution in [-0.4, -0.2) is 6.54 Å². The van der Waals surface area contributed by atoms with Crippen LogP contribution < -0.4 is 5.32 Å². The summed E-state index contributed by atoms with van der Waals surface area (Å²) in [5, 5.41) is 3.67. The minimum atomic E-state index is 0.300. The van der Waals surface area contributed by atoms with Crippen molar-refractivity contribution in [3.05, 3.63) is 56.2 Å². The molecule has 0 saturated carbocycles. The molecule has 0 radical (unpaired) electrons. The second-order valence-corrected chi connectivity index (χ2v) is 8.36. The third kappa shape index (κ3) is 4.94. The number of hydrogen-bond donors (Lipinski definition) is 1. The van der Waals surface area contributed by atoms with E-state index in [9.17, 15) is 0 Å². The van der Waals surface area contributed by atoms with Crippen LogP contribution in [0.4, 0.5) is 0 Å². The van der Waals surface area contributed by atoms with Crippen molar-refractivity contribution in [1.82, 2.24) is 5.32 Å². The van der Waals surface area contributed by atoms with Crippen molar-refractivity contribution in [2.75, 3.05) is 6.54 Å². The first-order valence-electron chi connectivity index (χ1n) is 7.67. The lowest BCUT2D eigenvalue weighted by Crippen LogP contribution is -2.22. The van der Waals surface area contributed by atoms with Gasteiger partial charge in [-0.05, 0) is 64.5 Å². The maximum atomic E-state index is 3.67. The van der Waals surface area contributed by atoms with Crippen LogP contribution in [0, 0.1) is 5.92 Å². The molecule has 0 aliphatic heterocycles. The number of thiophene rings is 1. The third-order valence-electron chi connectivity index (χ3n) is 3.43. The van der Waals surface area contributed by atoms with Gasteiger partial charge < -0.3 is 5.32 Å². The molecule has 0 spiro atoms. The fourth-order valence-electron chi connectivity index (χ4n) is 2.47. The van der Waals surface area contributed by atoms with E-state index in [-0.39, 0.29) is 0 Å². The van der Waals surface area contributed by atoms with Crippen molar-refractivity contribution >= 4 is 27.3 Å². The molecule has 0 aliphatic carbocycles. The SMILES string of the molecule is CCCNC(c1ccc(CC(C)C)cc1)c1ccc(Br)s1. The molecule has 0 aliphatic rings. The lowest BCUT2D eigenvalue weighted by molar-refractivity contribution is 0.605. The van der Waals surface area contributed by atoms with Gasteiger partial charge in [0.25, 0.3) is 0 Å². The Morgan fingerprint density at radius 2 is 1.81 bits per heavy atom. The molecule has 1 atom stereocenters. The monoisotopic (exact) mass is 365 g/mol. The minimum absolute atomic E-state index is 0.300. The zero-order valence-corrected chi connectivity index (χ0v) is 15.4. The van der Waals surface area contributed by atoms with E-state index in [2.05, 4.69) is 78.4 Å². The molecule has 114 valence electrons. The molecule has 3 heteroatoms. The minimum Gasteiger partial charge on any atom is -0.306 e. The normalized spacial score (nSPS) is 12.8. The topological polar surface area (TPSA) is 12.0 Å². The van der Waals surface area contributed by atoms with Crippen LogP contribution in [0.15, 0.2) is 40.2 Å². The molecule has 0 fully saturated rings. The first-order chi connectivity index (χ1) is 10.1. The van der Waals surface area contributed by atoms with Gasteiger partial charge in [-0.25, -0.2) is 0 Å². The van der Waals surface area contributed by atoms with Gasteiger partial charge in [-0.3, -0.25) is 0 Å². The number of benzene rings is 1. The molecule has 0 saturated heterocycles. The maximum absolute atomic E-state index is 3.67. The summed E-state index contributed by atoms with van der Waals surface area (Å²) in [6.07, 6.45) is 2.30. The molecule has 21 heavy (non-hydrogen) atoms. The van der Waals surface area contributed by atoms with Gasteiger partial charge in [-0.2, -0.15) is 0 Å². The molecular weight excluding hydrogens is 342 g/mol. The zero-order valence-electron chi connectivity index (χ0n) is 13.0. The largest absolute Gasteiger partial charge is 0.306 e. The quantitative estimate of drug-likeness (QED) is 0.653. The van der Waals surface area contributed by atoms with E-state index in [1.165, 1.54) is 19.8 Å². The van der Waals surface area contributed by atoms with Crippen LogP contribution in [0.5, 0.6) is 0 Å². The molecule has 2 aromatic rings. The zero-order chi connectivity index (χ0) is 15.2. The Hall–Kier alpha value is -0.640. The van der Waals surface area contributed by atoms with Crippen molar-refractivity contribution in [3.63, 3.8) is 0 Å². The average Bonchev–Trinajstić information content (AvgIpc) is 2.87. The van der Waals surface area contributed by atoms with E-state index in [1.54, 1.807) is 0 Å². The van der Waals surface area contributed by atoms with Crippen LogP contribution in [0.3, 0.4) is 0 Å². The molecule has 1 N–H and O–H groups in total. The predicted octanol–water partition coefficient (Wildman–Crippen LogP) is 5.80. The Morgan fingerprint density at radius 1 is 1.10 bits per heavy atom. The van der Waals surface area contributed by atoms with Gasteiger partial charge in [-0.1, -0.05) is 45.0 Å². The fourth-order valence-corrected chi connectivity index (χ4v) is 4.00. The van der Waals surface area contributed by atoms with Crippen molar-refractivity contribution in [2.24, 2.45) is 5.92 Å². The summed E-state index contributed by atoms with van der Waals surface area (Å²) < 4.78 is 1.19. The molecule has 2 rings (SSSR count). The number of nitrogens with one attached hydrogen (secondary N) is 1. The van der Waals surface area contributed by atoms with Gasteiger partial charge in [0.2, 0.25) is 0 Å². The Bertz CT molecular complexity index is 545. The second-order valence-electron chi connectivity index (χ2n) is 5.87. The summed E-state index contributed by atoms with van der Waals surface area (Å²) in [6, 6.07) is 13.8. The van der Waals surface area contributed by atoms with E-state index >= 15 is 0 Å². The van der Waals surface area contributed by atoms with Crippen LogP contribution in [0.1, 0.15) is 49.2 Å². The molecular formula is C18H24BrNS. The predicted molar refractivity (Wildman–Crippen MR) is 97.1 cm³/mol. The Morgan fingerprint density at radius 3 is 2.33 bits per heavy atom. The highest BCUT2D eigenvalue weighted by atomic mass is 79.9. The number of hydrogen-bond acceptors (Lipinski definition) is 2. The Labute approximate surface area is 140 Å². The highest BCUT2D eigenvalue weighted by Gasteiger charge is 2.15. The number of rotatable bonds is 7. The molecule has 1 nitrogen and oxygen atoms in total. The summed E-state index contributed by atoms with van der Waals surface area (Å²) in [7, 11) is 0.